The molecule has 0 radical (unpaired) electrons. The van der Waals surface area contributed by atoms with Gasteiger partial charge in [-0.25, -0.2) is 9.67 Å². The average Bonchev–Trinajstić information content (AvgIpc) is 3.19. The van der Waals surface area contributed by atoms with Crippen molar-refractivity contribution in [2.24, 2.45) is 0 Å². The average molecular weight is 342 g/mol. The number of benzene rings is 2. The minimum Gasteiger partial charge on any atom is -0.486 e. The molecule has 0 N–H and O–H groups in total. The molecular formula is C17H12ClN3OS. The molecule has 0 fully saturated rings. The number of aromatic nitrogens is 3. The summed E-state index contributed by atoms with van der Waals surface area (Å²) in [6.07, 6.45) is 3.37. The van der Waals surface area contributed by atoms with Crippen LogP contribution in [0.1, 0.15) is 5.01 Å². The van der Waals surface area contributed by atoms with E-state index < -0.39 is 0 Å². The van der Waals surface area contributed by atoms with Crippen molar-refractivity contribution >= 4 is 33.2 Å². The number of hydrogen-bond donors (Lipinski definition) is 0. The predicted octanol–water partition coefficient (Wildman–Crippen LogP) is 4.71. The maximum absolute atomic E-state index is 5.88. The highest BCUT2D eigenvalue weighted by Gasteiger charge is 2.05. The second-order valence-corrected chi connectivity index (χ2v) is 6.51. The van der Waals surface area contributed by atoms with Gasteiger partial charge in [0.05, 0.1) is 27.1 Å². The summed E-state index contributed by atoms with van der Waals surface area (Å²) < 4.78 is 8.71. The van der Waals surface area contributed by atoms with Crippen LogP contribution in [0.5, 0.6) is 5.75 Å². The van der Waals surface area contributed by atoms with Gasteiger partial charge in [-0.1, -0.05) is 23.7 Å². The predicted molar refractivity (Wildman–Crippen MR) is 92.5 cm³/mol. The summed E-state index contributed by atoms with van der Waals surface area (Å²) in [7, 11) is 0. The molecule has 0 unspecified atom stereocenters. The first-order valence-electron chi connectivity index (χ1n) is 7.06. The van der Waals surface area contributed by atoms with Crippen LogP contribution in [0.15, 0.2) is 60.9 Å². The van der Waals surface area contributed by atoms with Gasteiger partial charge in [-0.05, 0) is 36.4 Å². The Balaban J connectivity index is 1.46. The number of fused-ring (bicyclic) bond motifs is 1. The quantitative estimate of drug-likeness (QED) is 0.539. The summed E-state index contributed by atoms with van der Waals surface area (Å²) in [6.45, 7) is 0.465. The minimum atomic E-state index is 0.465. The van der Waals surface area contributed by atoms with Gasteiger partial charge in [-0.15, -0.1) is 11.3 Å². The van der Waals surface area contributed by atoms with Crippen LogP contribution in [0, 0.1) is 0 Å². The van der Waals surface area contributed by atoms with Gasteiger partial charge >= 0.3 is 0 Å². The van der Waals surface area contributed by atoms with Gasteiger partial charge in [-0.3, -0.25) is 0 Å². The summed E-state index contributed by atoms with van der Waals surface area (Å²) >= 11 is 7.53. The molecule has 4 nitrogen and oxygen atoms in total. The first-order valence-corrected chi connectivity index (χ1v) is 8.25. The van der Waals surface area contributed by atoms with E-state index in [0.29, 0.717) is 11.6 Å². The highest BCUT2D eigenvalue weighted by Crippen LogP contribution is 2.23. The monoisotopic (exact) mass is 341 g/mol. The molecule has 0 saturated heterocycles. The lowest BCUT2D eigenvalue weighted by atomic mass is 10.3. The fourth-order valence-corrected chi connectivity index (χ4v) is 3.28. The Morgan fingerprint density at radius 2 is 1.91 bits per heavy atom. The van der Waals surface area contributed by atoms with Crippen molar-refractivity contribution in [2.75, 3.05) is 0 Å². The van der Waals surface area contributed by atoms with E-state index in [4.69, 9.17) is 16.3 Å². The first kappa shape index (κ1) is 14.2. The van der Waals surface area contributed by atoms with E-state index in [-0.39, 0.29) is 0 Å². The van der Waals surface area contributed by atoms with Crippen molar-refractivity contribution in [2.45, 2.75) is 6.61 Å². The van der Waals surface area contributed by atoms with E-state index in [1.54, 1.807) is 28.4 Å². The van der Waals surface area contributed by atoms with E-state index in [1.807, 2.05) is 42.5 Å². The second-order valence-electron chi connectivity index (χ2n) is 4.96. The van der Waals surface area contributed by atoms with Crippen molar-refractivity contribution in [1.29, 1.82) is 0 Å². The number of hydrogen-bond acceptors (Lipinski definition) is 4. The molecule has 0 atom stereocenters. The summed E-state index contributed by atoms with van der Waals surface area (Å²) in [5.74, 6) is 0.797. The van der Waals surface area contributed by atoms with Crippen LogP contribution in [0.25, 0.3) is 15.9 Å². The van der Waals surface area contributed by atoms with Gasteiger partial charge in [0, 0.05) is 6.20 Å². The highest BCUT2D eigenvalue weighted by atomic mass is 35.5. The molecule has 6 heteroatoms. The Morgan fingerprint density at radius 1 is 1.09 bits per heavy atom. The number of rotatable bonds is 4. The van der Waals surface area contributed by atoms with Gasteiger partial charge in [0.1, 0.15) is 17.4 Å². The maximum Gasteiger partial charge on any atom is 0.140 e. The van der Waals surface area contributed by atoms with E-state index in [9.17, 15) is 0 Å². The summed E-state index contributed by atoms with van der Waals surface area (Å²) in [4.78, 5) is 4.56. The van der Waals surface area contributed by atoms with Crippen LogP contribution in [-0.2, 0) is 6.61 Å². The van der Waals surface area contributed by atoms with Gasteiger partial charge in [0.2, 0.25) is 0 Å². The van der Waals surface area contributed by atoms with E-state index in [0.717, 1.165) is 22.0 Å². The van der Waals surface area contributed by atoms with Crippen LogP contribution in [0.4, 0.5) is 0 Å². The van der Waals surface area contributed by atoms with Gasteiger partial charge < -0.3 is 4.74 Å². The molecule has 0 amide bonds. The van der Waals surface area contributed by atoms with Gasteiger partial charge in [0.25, 0.3) is 0 Å². The Morgan fingerprint density at radius 3 is 2.65 bits per heavy atom. The molecular weight excluding hydrogens is 330 g/mol. The smallest absolute Gasteiger partial charge is 0.140 e. The number of para-hydroxylation sites is 1. The first-order chi connectivity index (χ1) is 11.3. The SMILES string of the molecule is Clc1cnn(-c2ccc(OCc3nc4ccccc4s3)cc2)c1. The standard InChI is InChI=1S/C17H12ClN3OS/c18-12-9-19-21(10-12)13-5-7-14(8-6-13)22-11-17-20-15-3-1-2-4-16(15)23-17/h1-10H,11H2. The number of ether oxygens (including phenoxy) is 1. The summed E-state index contributed by atoms with van der Waals surface area (Å²) in [6, 6.07) is 15.8. The summed E-state index contributed by atoms with van der Waals surface area (Å²) in [5.41, 5.74) is 1.95. The Kier molecular flexibility index (Phi) is 3.73. The van der Waals surface area contributed by atoms with Crippen LogP contribution < -0.4 is 4.74 Å². The number of thiazole rings is 1. The minimum absolute atomic E-state index is 0.465. The molecule has 0 spiro atoms. The number of halogens is 1. The lowest BCUT2D eigenvalue weighted by Gasteiger charge is -2.05. The zero-order chi connectivity index (χ0) is 15.6. The molecule has 4 aromatic rings. The second kappa shape index (κ2) is 6.02. The molecule has 0 aliphatic rings. The fourth-order valence-electron chi connectivity index (χ4n) is 2.26. The van der Waals surface area contributed by atoms with Crippen LogP contribution >= 0.6 is 22.9 Å². The van der Waals surface area contributed by atoms with Crippen molar-refractivity contribution in [3.63, 3.8) is 0 Å². The van der Waals surface area contributed by atoms with Crippen LogP contribution in [0.3, 0.4) is 0 Å². The van der Waals surface area contributed by atoms with Crippen molar-refractivity contribution < 1.29 is 4.74 Å². The topological polar surface area (TPSA) is 39.9 Å². The van der Waals surface area contributed by atoms with Crippen LogP contribution in [-0.4, -0.2) is 14.8 Å². The molecule has 0 aliphatic heterocycles. The normalized spacial score (nSPS) is 11.0. The molecule has 0 bridgehead atoms. The summed E-state index contributed by atoms with van der Waals surface area (Å²) in [5, 5.41) is 5.75. The van der Waals surface area contributed by atoms with Crippen molar-refractivity contribution in [3.05, 3.63) is 71.0 Å². The molecule has 0 saturated carbocycles. The third-order valence-corrected chi connectivity index (χ3v) is 4.56. The lowest BCUT2D eigenvalue weighted by Crippen LogP contribution is -1.96. The van der Waals surface area contributed by atoms with E-state index >= 15 is 0 Å². The molecule has 2 aromatic carbocycles. The van der Waals surface area contributed by atoms with E-state index in [1.165, 1.54) is 4.70 Å². The van der Waals surface area contributed by atoms with Gasteiger partial charge in [0.15, 0.2) is 0 Å². The third kappa shape index (κ3) is 3.06. The zero-order valence-electron chi connectivity index (χ0n) is 12.0. The Hall–Kier alpha value is -2.37. The van der Waals surface area contributed by atoms with Crippen molar-refractivity contribution in [1.82, 2.24) is 14.8 Å². The molecule has 4 rings (SSSR count). The number of nitrogens with zero attached hydrogens (tertiary/aromatic N) is 3. The van der Waals surface area contributed by atoms with Gasteiger partial charge in [-0.2, -0.15) is 5.10 Å². The molecule has 2 aromatic heterocycles. The Bertz CT molecular complexity index is 913. The zero-order valence-corrected chi connectivity index (χ0v) is 13.6. The largest absolute Gasteiger partial charge is 0.486 e. The van der Waals surface area contributed by atoms with Crippen LogP contribution in [0.2, 0.25) is 5.02 Å². The molecule has 0 aliphatic carbocycles. The highest BCUT2D eigenvalue weighted by molar-refractivity contribution is 7.18. The molecule has 23 heavy (non-hydrogen) atoms. The van der Waals surface area contributed by atoms with Crippen molar-refractivity contribution in [3.8, 4) is 11.4 Å². The Labute approximate surface area is 141 Å². The maximum atomic E-state index is 5.88. The molecule has 114 valence electrons. The van der Waals surface area contributed by atoms with E-state index in [2.05, 4.69) is 16.1 Å². The molecule has 2 heterocycles. The lowest BCUT2D eigenvalue weighted by molar-refractivity contribution is 0.306. The fraction of sp³-hybridized carbons (Fsp3) is 0.0588. The third-order valence-electron chi connectivity index (χ3n) is 3.35.